The summed E-state index contributed by atoms with van der Waals surface area (Å²) >= 11 is 6.99. The van der Waals surface area contributed by atoms with E-state index in [1.165, 1.54) is 5.56 Å². The Labute approximate surface area is 113 Å². The summed E-state index contributed by atoms with van der Waals surface area (Å²) < 4.78 is 7.54. The molecule has 0 aliphatic carbocycles. The first-order valence-electron chi connectivity index (χ1n) is 5.51. The second-order valence-corrected chi connectivity index (χ2v) is 5.72. The van der Waals surface area contributed by atoms with Gasteiger partial charge in [0.2, 0.25) is 0 Å². The van der Waals surface area contributed by atoms with Gasteiger partial charge < -0.3 is 10.1 Å². The molecule has 1 aliphatic rings. The fraction of sp³-hybridized carbons (Fsp3) is 0.500. The molecule has 4 heteroatoms. The van der Waals surface area contributed by atoms with Crippen LogP contribution in [0.4, 0.5) is 0 Å². The third-order valence-corrected chi connectivity index (χ3v) is 4.68. The van der Waals surface area contributed by atoms with E-state index in [2.05, 4.69) is 55.4 Å². The molecule has 1 saturated heterocycles. The van der Waals surface area contributed by atoms with Gasteiger partial charge in [0.15, 0.2) is 0 Å². The predicted molar refractivity (Wildman–Crippen MR) is 72.5 cm³/mol. The first-order valence-corrected chi connectivity index (χ1v) is 7.09. The van der Waals surface area contributed by atoms with Crippen LogP contribution >= 0.6 is 31.9 Å². The molecular formula is C12H15Br2NO. The zero-order valence-electron chi connectivity index (χ0n) is 9.01. The normalized spacial score (nSPS) is 17.6. The summed E-state index contributed by atoms with van der Waals surface area (Å²) in [6.07, 6.45) is 2.25. The Bertz CT molecular complexity index is 351. The Hall–Kier alpha value is 0.1000. The van der Waals surface area contributed by atoms with Crippen molar-refractivity contribution < 1.29 is 4.74 Å². The van der Waals surface area contributed by atoms with Gasteiger partial charge in [-0.3, -0.25) is 0 Å². The lowest BCUT2D eigenvalue weighted by Gasteiger charge is -2.23. The van der Waals surface area contributed by atoms with Crippen LogP contribution in [0.2, 0.25) is 0 Å². The highest BCUT2D eigenvalue weighted by Crippen LogP contribution is 2.23. The van der Waals surface area contributed by atoms with Crippen molar-refractivity contribution in [3.63, 3.8) is 0 Å². The highest BCUT2D eigenvalue weighted by molar-refractivity contribution is 9.13. The third kappa shape index (κ3) is 3.55. The largest absolute Gasteiger partial charge is 0.381 e. The summed E-state index contributed by atoms with van der Waals surface area (Å²) in [5.41, 5.74) is 1.31. The second-order valence-electron chi connectivity index (χ2n) is 4.02. The van der Waals surface area contributed by atoms with Crippen LogP contribution in [0.15, 0.2) is 27.1 Å². The van der Waals surface area contributed by atoms with Crippen molar-refractivity contribution in [1.82, 2.24) is 5.32 Å². The van der Waals surface area contributed by atoms with E-state index in [-0.39, 0.29) is 0 Å². The molecule has 0 bridgehead atoms. The van der Waals surface area contributed by atoms with Crippen LogP contribution in [0.3, 0.4) is 0 Å². The molecule has 0 saturated carbocycles. The second kappa shape index (κ2) is 6.15. The third-order valence-electron chi connectivity index (χ3n) is 2.80. The Kier molecular flexibility index (Phi) is 4.82. The zero-order chi connectivity index (χ0) is 11.4. The van der Waals surface area contributed by atoms with Crippen LogP contribution < -0.4 is 5.32 Å². The van der Waals surface area contributed by atoms with E-state index in [4.69, 9.17) is 4.74 Å². The van der Waals surface area contributed by atoms with Crippen LogP contribution in [0.1, 0.15) is 18.4 Å². The number of nitrogens with one attached hydrogen (secondary N) is 1. The van der Waals surface area contributed by atoms with Crippen molar-refractivity contribution >= 4 is 31.9 Å². The molecule has 16 heavy (non-hydrogen) atoms. The molecule has 0 aromatic heterocycles. The Morgan fingerprint density at radius 3 is 2.62 bits per heavy atom. The SMILES string of the molecule is Brc1ccc(CNC2CCOCC2)cc1Br. The lowest BCUT2D eigenvalue weighted by atomic mass is 10.1. The van der Waals surface area contributed by atoms with E-state index in [1.54, 1.807) is 0 Å². The molecule has 1 N–H and O–H groups in total. The number of hydrogen-bond donors (Lipinski definition) is 1. The number of halogens is 2. The van der Waals surface area contributed by atoms with Gasteiger partial charge in [0.25, 0.3) is 0 Å². The monoisotopic (exact) mass is 347 g/mol. The molecule has 1 aromatic rings. The average Bonchev–Trinajstić information content (AvgIpc) is 2.32. The van der Waals surface area contributed by atoms with Gasteiger partial charge in [-0.15, -0.1) is 0 Å². The molecule has 0 atom stereocenters. The van der Waals surface area contributed by atoms with Gasteiger partial charge in [0, 0.05) is 34.7 Å². The van der Waals surface area contributed by atoms with Crippen molar-refractivity contribution in [2.24, 2.45) is 0 Å². The fourth-order valence-corrected chi connectivity index (χ4v) is 2.49. The maximum atomic E-state index is 5.33. The van der Waals surface area contributed by atoms with Gasteiger partial charge in [-0.25, -0.2) is 0 Å². The number of benzene rings is 1. The standard InChI is InChI=1S/C12H15Br2NO/c13-11-2-1-9(7-12(11)14)8-15-10-3-5-16-6-4-10/h1-2,7,10,15H,3-6,8H2. The Morgan fingerprint density at radius 1 is 1.19 bits per heavy atom. The minimum Gasteiger partial charge on any atom is -0.381 e. The zero-order valence-corrected chi connectivity index (χ0v) is 12.2. The van der Waals surface area contributed by atoms with Crippen molar-refractivity contribution in [3.8, 4) is 0 Å². The predicted octanol–water partition coefficient (Wildman–Crippen LogP) is 3.48. The average molecular weight is 349 g/mol. The van der Waals surface area contributed by atoms with Crippen LogP contribution in [0, 0.1) is 0 Å². The molecule has 1 fully saturated rings. The van der Waals surface area contributed by atoms with Crippen LogP contribution in [0.25, 0.3) is 0 Å². The van der Waals surface area contributed by atoms with Gasteiger partial charge in [0.05, 0.1) is 0 Å². The van der Waals surface area contributed by atoms with Gasteiger partial charge in [-0.2, -0.15) is 0 Å². The molecule has 1 aromatic carbocycles. The molecule has 2 rings (SSSR count). The van der Waals surface area contributed by atoms with E-state index in [1.807, 2.05) is 0 Å². The van der Waals surface area contributed by atoms with Gasteiger partial charge in [-0.1, -0.05) is 6.07 Å². The van der Waals surface area contributed by atoms with Crippen molar-refractivity contribution in [1.29, 1.82) is 0 Å². The summed E-state index contributed by atoms with van der Waals surface area (Å²) in [6, 6.07) is 6.97. The molecule has 1 heterocycles. The summed E-state index contributed by atoms with van der Waals surface area (Å²) in [5, 5.41) is 3.57. The van der Waals surface area contributed by atoms with Crippen LogP contribution in [-0.4, -0.2) is 19.3 Å². The number of hydrogen-bond acceptors (Lipinski definition) is 2. The smallest absolute Gasteiger partial charge is 0.0480 e. The Morgan fingerprint density at radius 2 is 1.94 bits per heavy atom. The van der Waals surface area contributed by atoms with Crippen molar-refractivity contribution in [2.75, 3.05) is 13.2 Å². The van der Waals surface area contributed by atoms with Gasteiger partial charge in [-0.05, 0) is 62.4 Å². The molecule has 1 aliphatic heterocycles. The fourth-order valence-electron chi connectivity index (χ4n) is 1.81. The highest BCUT2D eigenvalue weighted by atomic mass is 79.9. The van der Waals surface area contributed by atoms with Gasteiger partial charge >= 0.3 is 0 Å². The summed E-state index contributed by atoms with van der Waals surface area (Å²) in [6.45, 7) is 2.71. The molecule has 0 radical (unpaired) electrons. The summed E-state index contributed by atoms with van der Waals surface area (Å²) in [5.74, 6) is 0. The molecular weight excluding hydrogens is 334 g/mol. The summed E-state index contributed by atoms with van der Waals surface area (Å²) in [4.78, 5) is 0. The molecule has 88 valence electrons. The van der Waals surface area contributed by atoms with E-state index in [0.717, 1.165) is 41.5 Å². The minimum atomic E-state index is 0.608. The molecule has 0 spiro atoms. The molecule has 2 nitrogen and oxygen atoms in total. The van der Waals surface area contributed by atoms with E-state index in [0.29, 0.717) is 6.04 Å². The van der Waals surface area contributed by atoms with E-state index < -0.39 is 0 Å². The maximum Gasteiger partial charge on any atom is 0.0480 e. The minimum absolute atomic E-state index is 0.608. The lowest BCUT2D eigenvalue weighted by molar-refractivity contribution is 0.0776. The Balaban J connectivity index is 1.86. The van der Waals surface area contributed by atoms with E-state index >= 15 is 0 Å². The first kappa shape index (κ1) is 12.6. The van der Waals surface area contributed by atoms with E-state index in [9.17, 15) is 0 Å². The van der Waals surface area contributed by atoms with Crippen molar-refractivity contribution in [2.45, 2.75) is 25.4 Å². The lowest BCUT2D eigenvalue weighted by Crippen LogP contribution is -2.34. The number of rotatable bonds is 3. The summed E-state index contributed by atoms with van der Waals surface area (Å²) in [7, 11) is 0. The number of ether oxygens (including phenoxy) is 1. The molecule has 0 amide bonds. The van der Waals surface area contributed by atoms with Gasteiger partial charge in [0.1, 0.15) is 0 Å². The quantitative estimate of drug-likeness (QED) is 0.902. The maximum absolute atomic E-state index is 5.33. The van der Waals surface area contributed by atoms with Crippen LogP contribution in [-0.2, 0) is 11.3 Å². The van der Waals surface area contributed by atoms with Crippen molar-refractivity contribution in [3.05, 3.63) is 32.7 Å². The first-order chi connectivity index (χ1) is 7.75. The topological polar surface area (TPSA) is 21.3 Å². The highest BCUT2D eigenvalue weighted by Gasteiger charge is 2.12. The molecule has 0 unspecified atom stereocenters. The van der Waals surface area contributed by atoms with Crippen LogP contribution in [0.5, 0.6) is 0 Å².